The number of carboxylic acids is 1. The van der Waals surface area contributed by atoms with Gasteiger partial charge in [0, 0.05) is 6.04 Å². The van der Waals surface area contributed by atoms with Gasteiger partial charge in [-0.05, 0) is 26.0 Å². The lowest BCUT2D eigenvalue weighted by molar-refractivity contribution is -0.141. The summed E-state index contributed by atoms with van der Waals surface area (Å²) >= 11 is 0. The Kier molecular flexibility index (Phi) is 4.94. The van der Waals surface area contributed by atoms with E-state index in [1.54, 1.807) is 39.0 Å². The number of rotatable bonds is 6. The lowest BCUT2D eigenvalue weighted by Gasteiger charge is -2.20. The SMILES string of the molecule is CCS(=O)(=O)c1ccccc1NC(C)C(C)C(=O)O. The minimum Gasteiger partial charge on any atom is -0.481 e. The Morgan fingerprint density at radius 3 is 2.42 bits per heavy atom. The van der Waals surface area contributed by atoms with Crippen molar-refractivity contribution in [2.75, 3.05) is 11.1 Å². The average molecular weight is 285 g/mol. The second kappa shape index (κ2) is 6.06. The molecule has 0 bridgehead atoms. The third-order valence-electron chi connectivity index (χ3n) is 3.12. The number of carbonyl (C=O) groups is 1. The van der Waals surface area contributed by atoms with Crippen molar-refractivity contribution in [3.8, 4) is 0 Å². The predicted molar refractivity (Wildman–Crippen MR) is 74.1 cm³/mol. The first-order chi connectivity index (χ1) is 8.79. The molecule has 0 amide bonds. The summed E-state index contributed by atoms with van der Waals surface area (Å²) in [5, 5.41) is 11.9. The van der Waals surface area contributed by atoms with Gasteiger partial charge in [-0.3, -0.25) is 4.79 Å². The summed E-state index contributed by atoms with van der Waals surface area (Å²) in [6.07, 6.45) is 0. The van der Waals surface area contributed by atoms with Crippen LogP contribution in [0.3, 0.4) is 0 Å². The van der Waals surface area contributed by atoms with Gasteiger partial charge in [-0.2, -0.15) is 0 Å². The minimum atomic E-state index is -3.33. The van der Waals surface area contributed by atoms with E-state index in [9.17, 15) is 13.2 Å². The summed E-state index contributed by atoms with van der Waals surface area (Å²) < 4.78 is 23.9. The van der Waals surface area contributed by atoms with Crippen LogP contribution in [0.4, 0.5) is 5.69 Å². The van der Waals surface area contributed by atoms with E-state index in [0.717, 1.165) is 0 Å². The first kappa shape index (κ1) is 15.5. The second-order valence-electron chi connectivity index (χ2n) is 4.46. The van der Waals surface area contributed by atoms with Gasteiger partial charge in [-0.1, -0.05) is 19.1 Å². The van der Waals surface area contributed by atoms with Crippen molar-refractivity contribution in [2.24, 2.45) is 5.92 Å². The zero-order chi connectivity index (χ0) is 14.6. The maximum atomic E-state index is 12.0. The number of para-hydroxylation sites is 1. The predicted octanol–water partition coefficient (Wildman–Crippen LogP) is 2.00. The molecule has 0 saturated heterocycles. The molecule has 0 aliphatic heterocycles. The number of hydrogen-bond donors (Lipinski definition) is 2. The van der Waals surface area contributed by atoms with Crippen LogP contribution in [-0.2, 0) is 14.6 Å². The van der Waals surface area contributed by atoms with Crippen LogP contribution >= 0.6 is 0 Å². The molecule has 0 spiro atoms. The van der Waals surface area contributed by atoms with Crippen molar-refractivity contribution in [3.05, 3.63) is 24.3 Å². The zero-order valence-corrected chi connectivity index (χ0v) is 12.1. The van der Waals surface area contributed by atoms with Crippen molar-refractivity contribution >= 4 is 21.5 Å². The fraction of sp³-hybridized carbons (Fsp3) is 0.462. The van der Waals surface area contributed by atoms with Crippen molar-refractivity contribution in [1.29, 1.82) is 0 Å². The molecule has 1 aromatic carbocycles. The van der Waals surface area contributed by atoms with E-state index in [2.05, 4.69) is 5.32 Å². The fourth-order valence-electron chi connectivity index (χ4n) is 1.60. The number of nitrogens with one attached hydrogen (secondary N) is 1. The summed E-state index contributed by atoms with van der Waals surface area (Å²) in [6.45, 7) is 4.88. The Labute approximate surface area is 113 Å². The quantitative estimate of drug-likeness (QED) is 0.835. The Morgan fingerprint density at radius 1 is 1.32 bits per heavy atom. The molecular formula is C13H19NO4S. The topological polar surface area (TPSA) is 83.5 Å². The molecule has 106 valence electrons. The highest BCUT2D eigenvalue weighted by Gasteiger charge is 2.22. The van der Waals surface area contributed by atoms with Gasteiger partial charge in [-0.25, -0.2) is 8.42 Å². The molecule has 2 unspecified atom stereocenters. The number of aliphatic carboxylic acids is 1. The molecule has 0 aromatic heterocycles. The Morgan fingerprint density at radius 2 is 1.89 bits per heavy atom. The lowest BCUT2D eigenvalue weighted by atomic mass is 10.0. The van der Waals surface area contributed by atoms with E-state index in [1.165, 1.54) is 6.07 Å². The normalized spacial score (nSPS) is 14.7. The Hall–Kier alpha value is -1.56. The van der Waals surface area contributed by atoms with Crippen LogP contribution in [0.2, 0.25) is 0 Å². The van der Waals surface area contributed by atoms with Gasteiger partial charge >= 0.3 is 5.97 Å². The summed E-state index contributed by atoms with van der Waals surface area (Å²) in [7, 11) is -3.33. The van der Waals surface area contributed by atoms with Gasteiger partial charge in [0.1, 0.15) is 0 Å². The highest BCUT2D eigenvalue weighted by molar-refractivity contribution is 7.91. The van der Waals surface area contributed by atoms with Crippen LogP contribution in [0.1, 0.15) is 20.8 Å². The van der Waals surface area contributed by atoms with Gasteiger partial charge in [-0.15, -0.1) is 0 Å². The van der Waals surface area contributed by atoms with E-state index >= 15 is 0 Å². The molecule has 2 N–H and O–H groups in total. The van der Waals surface area contributed by atoms with Gasteiger partial charge in [0.05, 0.1) is 22.3 Å². The molecule has 6 heteroatoms. The third kappa shape index (κ3) is 3.70. The first-order valence-corrected chi connectivity index (χ1v) is 7.76. The summed E-state index contributed by atoms with van der Waals surface area (Å²) in [5.41, 5.74) is 0.449. The molecule has 0 saturated carbocycles. The Bertz CT molecular complexity index is 554. The van der Waals surface area contributed by atoms with E-state index < -0.39 is 21.7 Å². The summed E-state index contributed by atoms with van der Waals surface area (Å²) in [4.78, 5) is 11.1. The van der Waals surface area contributed by atoms with Crippen LogP contribution in [0.15, 0.2) is 29.2 Å². The lowest BCUT2D eigenvalue weighted by Crippen LogP contribution is -2.30. The number of sulfone groups is 1. The van der Waals surface area contributed by atoms with Crippen LogP contribution < -0.4 is 5.32 Å². The molecule has 5 nitrogen and oxygen atoms in total. The molecule has 0 radical (unpaired) electrons. The number of benzene rings is 1. The van der Waals surface area contributed by atoms with Gasteiger partial charge in [0.2, 0.25) is 0 Å². The standard InChI is InChI=1S/C13H19NO4S/c1-4-19(17,18)12-8-6-5-7-11(12)14-10(3)9(2)13(15)16/h5-10,14H,4H2,1-3H3,(H,15,16). The maximum absolute atomic E-state index is 12.0. The molecule has 19 heavy (non-hydrogen) atoms. The third-order valence-corrected chi connectivity index (χ3v) is 4.91. The molecule has 0 aliphatic carbocycles. The first-order valence-electron chi connectivity index (χ1n) is 6.10. The van der Waals surface area contributed by atoms with E-state index in [-0.39, 0.29) is 16.7 Å². The van der Waals surface area contributed by atoms with E-state index in [0.29, 0.717) is 5.69 Å². The largest absolute Gasteiger partial charge is 0.481 e. The van der Waals surface area contributed by atoms with Crippen LogP contribution in [-0.4, -0.2) is 31.3 Å². The molecule has 0 aliphatic rings. The fourth-order valence-corrected chi connectivity index (χ4v) is 2.66. The van der Waals surface area contributed by atoms with Crippen molar-refractivity contribution < 1.29 is 18.3 Å². The number of carboxylic acid groups (broad SMARTS) is 1. The molecule has 1 aromatic rings. The smallest absolute Gasteiger partial charge is 0.308 e. The summed E-state index contributed by atoms with van der Waals surface area (Å²) in [5.74, 6) is -1.53. The average Bonchev–Trinajstić information content (AvgIpc) is 2.38. The van der Waals surface area contributed by atoms with Crippen molar-refractivity contribution in [1.82, 2.24) is 0 Å². The van der Waals surface area contributed by atoms with Crippen molar-refractivity contribution in [3.63, 3.8) is 0 Å². The number of hydrogen-bond acceptors (Lipinski definition) is 4. The van der Waals surface area contributed by atoms with E-state index in [1.807, 2.05) is 0 Å². The van der Waals surface area contributed by atoms with Gasteiger partial charge < -0.3 is 10.4 Å². The molecule has 2 atom stereocenters. The van der Waals surface area contributed by atoms with Crippen LogP contribution in [0.25, 0.3) is 0 Å². The number of anilines is 1. The van der Waals surface area contributed by atoms with Crippen LogP contribution in [0.5, 0.6) is 0 Å². The van der Waals surface area contributed by atoms with Crippen LogP contribution in [0, 0.1) is 5.92 Å². The Balaban J connectivity index is 3.06. The maximum Gasteiger partial charge on any atom is 0.308 e. The van der Waals surface area contributed by atoms with Gasteiger partial charge in [0.15, 0.2) is 9.84 Å². The monoisotopic (exact) mass is 285 g/mol. The molecule has 1 rings (SSSR count). The highest BCUT2D eigenvalue weighted by Crippen LogP contribution is 2.23. The second-order valence-corrected chi connectivity index (χ2v) is 6.71. The summed E-state index contributed by atoms with van der Waals surface area (Å²) in [6, 6.07) is 6.17. The van der Waals surface area contributed by atoms with Crippen molar-refractivity contribution in [2.45, 2.75) is 31.7 Å². The zero-order valence-electron chi connectivity index (χ0n) is 11.3. The van der Waals surface area contributed by atoms with E-state index in [4.69, 9.17) is 5.11 Å². The molecule has 0 fully saturated rings. The highest BCUT2D eigenvalue weighted by atomic mass is 32.2. The molecule has 0 heterocycles. The minimum absolute atomic E-state index is 0.00849. The molecular weight excluding hydrogens is 266 g/mol. The van der Waals surface area contributed by atoms with Gasteiger partial charge in [0.25, 0.3) is 0 Å².